The van der Waals surface area contributed by atoms with E-state index < -0.39 is 20.5 Å². The SMILES string of the molecule is Cc1ccc(C#Cc2cc3n(c2)C(=O)N(CCC(C)(C(=O)NO)S(C)(=O)=O)C3)cc1. The number of hydroxylamine groups is 1. The lowest BCUT2D eigenvalue weighted by atomic mass is 10.1. The Balaban J connectivity index is 1.71. The van der Waals surface area contributed by atoms with Gasteiger partial charge in [0.05, 0.1) is 6.54 Å². The third kappa shape index (κ3) is 4.10. The number of hydrogen-bond acceptors (Lipinski definition) is 5. The van der Waals surface area contributed by atoms with Crippen molar-refractivity contribution in [3.05, 3.63) is 58.9 Å². The van der Waals surface area contributed by atoms with Crippen LogP contribution in [-0.2, 0) is 21.2 Å². The Morgan fingerprint density at radius 1 is 1.23 bits per heavy atom. The Morgan fingerprint density at radius 2 is 1.87 bits per heavy atom. The summed E-state index contributed by atoms with van der Waals surface area (Å²) in [5.41, 5.74) is 4.88. The Hall–Kier alpha value is -3.09. The Bertz CT molecular complexity index is 1160. The van der Waals surface area contributed by atoms with Gasteiger partial charge >= 0.3 is 6.03 Å². The van der Waals surface area contributed by atoms with E-state index in [1.165, 1.54) is 21.9 Å². The van der Waals surface area contributed by atoms with Crippen molar-refractivity contribution in [3.63, 3.8) is 0 Å². The fraction of sp³-hybridized carbons (Fsp3) is 0.333. The number of carbonyl (C=O) groups is 2. The van der Waals surface area contributed by atoms with Crippen LogP contribution in [0.1, 0.15) is 35.7 Å². The maximum Gasteiger partial charge on any atom is 0.328 e. The average molecular weight is 429 g/mol. The molecule has 1 aliphatic rings. The zero-order valence-corrected chi connectivity index (χ0v) is 17.8. The first-order chi connectivity index (χ1) is 14.0. The van der Waals surface area contributed by atoms with Crippen LogP contribution in [0, 0.1) is 18.8 Å². The predicted molar refractivity (Wildman–Crippen MR) is 111 cm³/mol. The number of benzene rings is 1. The maximum atomic E-state index is 12.7. The van der Waals surface area contributed by atoms with Crippen molar-refractivity contribution in [1.29, 1.82) is 0 Å². The molecule has 2 amide bonds. The van der Waals surface area contributed by atoms with Crippen LogP contribution in [0.2, 0.25) is 0 Å². The summed E-state index contributed by atoms with van der Waals surface area (Å²) in [6, 6.07) is 9.32. The predicted octanol–water partition coefficient (Wildman–Crippen LogP) is 1.68. The van der Waals surface area contributed by atoms with Crippen molar-refractivity contribution in [2.24, 2.45) is 0 Å². The second-order valence-corrected chi connectivity index (χ2v) is 10.0. The molecule has 2 heterocycles. The van der Waals surface area contributed by atoms with Gasteiger partial charge in [-0.2, -0.15) is 0 Å². The summed E-state index contributed by atoms with van der Waals surface area (Å²) in [6.07, 6.45) is 2.43. The highest BCUT2D eigenvalue weighted by Gasteiger charge is 2.44. The minimum absolute atomic E-state index is 0.0435. The first-order valence-corrected chi connectivity index (χ1v) is 11.2. The number of aryl methyl sites for hydroxylation is 1. The van der Waals surface area contributed by atoms with E-state index >= 15 is 0 Å². The van der Waals surface area contributed by atoms with Crippen molar-refractivity contribution < 1.29 is 23.2 Å². The van der Waals surface area contributed by atoms with Gasteiger partial charge in [-0.3, -0.25) is 14.6 Å². The van der Waals surface area contributed by atoms with Crippen LogP contribution in [0.4, 0.5) is 4.79 Å². The van der Waals surface area contributed by atoms with Crippen LogP contribution in [0.15, 0.2) is 36.5 Å². The fourth-order valence-corrected chi connectivity index (χ4v) is 4.03. The number of amides is 2. The van der Waals surface area contributed by atoms with E-state index in [4.69, 9.17) is 5.21 Å². The molecule has 30 heavy (non-hydrogen) atoms. The standard InChI is InChI=1S/C21H23N3O5S/c1-15-4-6-16(7-5-15)8-9-17-12-18-14-23(20(26)24(18)13-17)11-10-21(2,19(25)22-27)30(3,28)29/h4-7,12-13,27H,10-11,14H2,1-3H3,(H,22,25). The number of aromatic nitrogens is 1. The monoisotopic (exact) mass is 429 g/mol. The maximum absolute atomic E-state index is 12.7. The number of rotatable bonds is 5. The number of nitrogens with zero attached hydrogens (tertiary/aromatic N) is 2. The van der Waals surface area contributed by atoms with Crippen LogP contribution in [0.3, 0.4) is 0 Å². The molecular weight excluding hydrogens is 406 g/mol. The Kier molecular flexibility index (Phi) is 5.74. The van der Waals surface area contributed by atoms with Crippen molar-refractivity contribution in [1.82, 2.24) is 14.9 Å². The molecule has 3 rings (SSSR count). The van der Waals surface area contributed by atoms with Gasteiger partial charge in [-0.1, -0.05) is 29.5 Å². The van der Waals surface area contributed by atoms with E-state index in [1.807, 2.05) is 37.3 Å². The second kappa shape index (κ2) is 7.97. The smallest absolute Gasteiger partial charge is 0.318 e. The minimum Gasteiger partial charge on any atom is -0.318 e. The van der Waals surface area contributed by atoms with Crippen LogP contribution in [0.25, 0.3) is 0 Å². The molecule has 8 nitrogen and oxygen atoms in total. The summed E-state index contributed by atoms with van der Waals surface area (Å²) in [7, 11) is -3.82. The average Bonchev–Trinajstić information content (AvgIpc) is 3.22. The molecule has 2 aromatic rings. The van der Waals surface area contributed by atoms with Gasteiger partial charge in [0.1, 0.15) is 0 Å². The molecule has 0 saturated carbocycles. The topological polar surface area (TPSA) is 109 Å². The summed E-state index contributed by atoms with van der Waals surface area (Å²) in [5.74, 6) is 5.08. The van der Waals surface area contributed by atoms with E-state index in [2.05, 4.69) is 11.8 Å². The van der Waals surface area contributed by atoms with Gasteiger partial charge < -0.3 is 4.90 Å². The van der Waals surface area contributed by atoms with Gasteiger partial charge in [0.25, 0.3) is 5.91 Å². The van der Waals surface area contributed by atoms with E-state index in [0.29, 0.717) is 5.56 Å². The molecule has 0 spiro atoms. The summed E-state index contributed by atoms with van der Waals surface area (Å²) >= 11 is 0. The minimum atomic E-state index is -3.82. The van der Waals surface area contributed by atoms with Crippen molar-refractivity contribution in [2.75, 3.05) is 12.8 Å². The molecule has 0 bridgehead atoms. The zero-order valence-electron chi connectivity index (χ0n) is 17.0. The lowest BCUT2D eigenvalue weighted by molar-refractivity contribution is -0.131. The van der Waals surface area contributed by atoms with Gasteiger partial charge in [-0.05, 0) is 38.5 Å². The van der Waals surface area contributed by atoms with Crippen LogP contribution in [0.5, 0.6) is 0 Å². The number of fused-ring (bicyclic) bond motifs is 1. The molecule has 2 N–H and O–H groups in total. The molecule has 1 aromatic heterocycles. The highest BCUT2D eigenvalue weighted by molar-refractivity contribution is 7.92. The molecular formula is C21H23N3O5S. The van der Waals surface area contributed by atoms with E-state index in [-0.39, 0.29) is 25.5 Å². The normalized spacial score (nSPS) is 15.2. The number of carbonyl (C=O) groups excluding carboxylic acids is 2. The van der Waals surface area contributed by atoms with E-state index in [1.54, 1.807) is 6.20 Å². The number of nitrogens with one attached hydrogen (secondary N) is 1. The van der Waals surface area contributed by atoms with E-state index in [0.717, 1.165) is 23.1 Å². The number of hydrogen-bond donors (Lipinski definition) is 2. The highest BCUT2D eigenvalue weighted by Crippen LogP contribution is 2.25. The van der Waals surface area contributed by atoms with Gasteiger partial charge in [-0.25, -0.2) is 18.7 Å². The first-order valence-electron chi connectivity index (χ1n) is 9.28. The van der Waals surface area contributed by atoms with Gasteiger partial charge in [-0.15, -0.1) is 0 Å². The van der Waals surface area contributed by atoms with Crippen LogP contribution < -0.4 is 5.48 Å². The molecule has 9 heteroatoms. The largest absolute Gasteiger partial charge is 0.328 e. The van der Waals surface area contributed by atoms with E-state index in [9.17, 15) is 18.0 Å². The molecule has 0 saturated heterocycles. The molecule has 1 unspecified atom stereocenters. The molecule has 0 fully saturated rings. The van der Waals surface area contributed by atoms with Crippen LogP contribution >= 0.6 is 0 Å². The van der Waals surface area contributed by atoms with Crippen LogP contribution in [-0.4, -0.2) is 52.6 Å². The van der Waals surface area contributed by atoms with Crippen molar-refractivity contribution >= 4 is 21.8 Å². The second-order valence-electron chi connectivity index (χ2n) is 7.60. The first kappa shape index (κ1) is 21.6. The summed E-state index contributed by atoms with van der Waals surface area (Å²) < 4.78 is 23.8. The zero-order chi connectivity index (χ0) is 22.1. The molecule has 0 radical (unpaired) electrons. The van der Waals surface area contributed by atoms with Gasteiger partial charge in [0, 0.05) is 35.8 Å². The lowest BCUT2D eigenvalue weighted by Crippen LogP contribution is -2.50. The number of sulfone groups is 1. The molecule has 0 aliphatic carbocycles. The van der Waals surface area contributed by atoms with Crippen molar-refractivity contribution in [2.45, 2.75) is 31.6 Å². The quantitative estimate of drug-likeness (QED) is 0.427. The summed E-state index contributed by atoms with van der Waals surface area (Å²) in [5, 5.41) is 8.90. The lowest BCUT2D eigenvalue weighted by Gasteiger charge is -2.27. The fourth-order valence-electron chi connectivity index (χ4n) is 3.18. The molecule has 158 valence electrons. The van der Waals surface area contributed by atoms with Gasteiger partial charge in [0.15, 0.2) is 14.6 Å². The van der Waals surface area contributed by atoms with Gasteiger partial charge in [0.2, 0.25) is 0 Å². The summed E-state index contributed by atoms with van der Waals surface area (Å²) in [4.78, 5) is 26.1. The molecule has 1 atom stereocenters. The summed E-state index contributed by atoms with van der Waals surface area (Å²) in [6.45, 7) is 3.56. The molecule has 1 aromatic carbocycles. The Morgan fingerprint density at radius 3 is 2.43 bits per heavy atom. The highest BCUT2D eigenvalue weighted by atomic mass is 32.2. The molecule has 1 aliphatic heterocycles. The Labute approximate surface area is 175 Å². The third-order valence-electron chi connectivity index (χ3n) is 5.39. The van der Waals surface area contributed by atoms with Crippen molar-refractivity contribution in [3.8, 4) is 11.8 Å². The third-order valence-corrected chi connectivity index (χ3v) is 7.42.